The van der Waals surface area contributed by atoms with Crippen LogP contribution in [0.5, 0.6) is 0 Å². The Morgan fingerprint density at radius 2 is 2.08 bits per heavy atom. The third-order valence-electron chi connectivity index (χ3n) is 6.82. The molecule has 0 aliphatic carbocycles. The summed E-state index contributed by atoms with van der Waals surface area (Å²) in [6, 6.07) is 8.86. The summed E-state index contributed by atoms with van der Waals surface area (Å²) in [6.45, 7) is 17.7. The molecule has 1 aromatic carbocycles. The molecule has 216 valence electrons. The van der Waals surface area contributed by atoms with Crippen LogP contribution in [-0.4, -0.2) is 69.8 Å². The van der Waals surface area contributed by atoms with Gasteiger partial charge in [-0.05, 0) is 53.7 Å². The minimum absolute atomic E-state index is 0.0907. The van der Waals surface area contributed by atoms with E-state index in [2.05, 4.69) is 47.5 Å². The third-order valence-corrected chi connectivity index (χ3v) is 8.93. The molecule has 40 heavy (non-hydrogen) atoms. The molecule has 2 aromatic rings. The van der Waals surface area contributed by atoms with Gasteiger partial charge in [-0.1, -0.05) is 18.2 Å². The number of rotatable bonds is 11. The van der Waals surface area contributed by atoms with E-state index in [4.69, 9.17) is 26.5 Å². The second kappa shape index (κ2) is 12.9. The van der Waals surface area contributed by atoms with Crippen LogP contribution in [0.15, 0.2) is 41.3 Å². The molecule has 11 nitrogen and oxygen atoms in total. The standard InChI is InChI=1S/C28H38N5O6P/c1-18(2)33(19(3)4)40(37-16-14-29-7)39-23-22-26(38-28(23,6)13-15-36-22)32-17-20(5)24(31-27(32)35)30-25(34)21-11-9-8-10-12-21/h8-12,17-19,22-23,26H,13-16H2,1-6H3,(H,30,31,34,35)/t22?,23-,26-,28+,40?/m1/s1/i6D. The van der Waals surface area contributed by atoms with Crippen molar-refractivity contribution in [1.82, 2.24) is 14.2 Å². The molecule has 0 spiro atoms. The van der Waals surface area contributed by atoms with Crippen molar-refractivity contribution in [2.75, 3.05) is 25.1 Å². The molecule has 0 saturated carbocycles. The van der Waals surface area contributed by atoms with E-state index < -0.39 is 38.3 Å². The maximum absolute atomic E-state index is 13.3. The summed E-state index contributed by atoms with van der Waals surface area (Å²) in [7, 11) is -1.63. The van der Waals surface area contributed by atoms with Crippen molar-refractivity contribution in [1.29, 1.82) is 0 Å². The Kier molecular flexibility index (Phi) is 9.26. The van der Waals surface area contributed by atoms with Gasteiger partial charge in [-0.15, -0.1) is 0 Å². The lowest BCUT2D eigenvalue weighted by Gasteiger charge is -2.41. The number of hydrogen-bond acceptors (Lipinski definition) is 8. The molecule has 2 saturated heterocycles. The van der Waals surface area contributed by atoms with Crippen LogP contribution >= 0.6 is 8.53 Å². The molecular weight excluding hydrogens is 533 g/mol. The van der Waals surface area contributed by atoms with Crippen molar-refractivity contribution in [3.63, 3.8) is 0 Å². The van der Waals surface area contributed by atoms with Crippen LogP contribution in [0, 0.1) is 13.5 Å². The number of anilines is 1. The highest BCUT2D eigenvalue weighted by molar-refractivity contribution is 7.44. The maximum Gasteiger partial charge on any atom is 0.351 e. The van der Waals surface area contributed by atoms with Gasteiger partial charge in [-0.3, -0.25) is 9.36 Å². The van der Waals surface area contributed by atoms with Gasteiger partial charge in [0.25, 0.3) is 14.4 Å². The van der Waals surface area contributed by atoms with Gasteiger partial charge in [0.2, 0.25) is 6.54 Å². The molecule has 2 bridgehead atoms. The topological polar surface area (TPSA) is 109 Å². The van der Waals surface area contributed by atoms with Gasteiger partial charge < -0.3 is 28.7 Å². The first-order valence-corrected chi connectivity index (χ1v) is 14.5. The molecule has 1 amide bonds. The second-order valence-corrected chi connectivity index (χ2v) is 11.9. The quantitative estimate of drug-likeness (QED) is 0.238. The molecule has 1 N–H and O–H groups in total. The molecule has 2 aliphatic heterocycles. The van der Waals surface area contributed by atoms with Crippen LogP contribution in [0.1, 0.15) is 64.5 Å². The fraction of sp³-hybridized carbons (Fsp3) is 0.571. The van der Waals surface area contributed by atoms with Gasteiger partial charge in [0, 0.05) is 37.2 Å². The van der Waals surface area contributed by atoms with E-state index in [1.165, 1.54) is 4.57 Å². The molecule has 2 aliphatic rings. The fourth-order valence-electron chi connectivity index (χ4n) is 4.96. The number of hydrogen-bond donors (Lipinski definition) is 1. The van der Waals surface area contributed by atoms with Crippen molar-refractivity contribution in [3.05, 3.63) is 69.6 Å². The lowest BCUT2D eigenvalue weighted by Crippen LogP contribution is -2.49. The molecule has 1 aromatic heterocycles. The lowest BCUT2D eigenvalue weighted by molar-refractivity contribution is -0.103. The van der Waals surface area contributed by atoms with Gasteiger partial charge >= 0.3 is 5.69 Å². The normalized spacial score (nSPS) is 25.2. The number of fused-ring (bicyclic) bond motifs is 2. The molecule has 5 atom stereocenters. The zero-order valence-electron chi connectivity index (χ0n) is 24.6. The number of nitrogens with one attached hydrogen (secondary N) is 1. The Morgan fingerprint density at radius 3 is 2.73 bits per heavy atom. The summed E-state index contributed by atoms with van der Waals surface area (Å²) in [5.41, 5.74) is -0.638. The number of nitrogens with zero attached hydrogens (tertiary/aromatic N) is 4. The fourth-order valence-corrected chi connectivity index (χ4v) is 6.77. The molecular formula is C28H38N5O6P. The third kappa shape index (κ3) is 6.44. The van der Waals surface area contributed by atoms with Crippen LogP contribution < -0.4 is 11.0 Å². The molecule has 0 radical (unpaired) electrons. The molecule has 2 fully saturated rings. The number of carbonyl (C=O) groups excluding carboxylic acids is 1. The van der Waals surface area contributed by atoms with Gasteiger partial charge in [-0.2, -0.15) is 4.98 Å². The second-order valence-electron chi connectivity index (χ2n) is 10.5. The van der Waals surface area contributed by atoms with Gasteiger partial charge in [0.15, 0.2) is 6.23 Å². The van der Waals surface area contributed by atoms with Crippen LogP contribution in [0.2, 0.25) is 0 Å². The highest BCUT2D eigenvalue weighted by Crippen LogP contribution is 2.54. The Bertz CT molecular complexity index is 1300. The lowest BCUT2D eigenvalue weighted by atomic mass is 9.92. The van der Waals surface area contributed by atoms with Crippen LogP contribution in [0.4, 0.5) is 5.82 Å². The average Bonchev–Trinajstić information content (AvgIpc) is 3.10. The Balaban J connectivity index is 1.63. The van der Waals surface area contributed by atoms with E-state index in [1.54, 1.807) is 37.4 Å². The van der Waals surface area contributed by atoms with Crippen LogP contribution in [0.3, 0.4) is 0 Å². The van der Waals surface area contributed by atoms with Crippen molar-refractivity contribution < 1.29 is 24.7 Å². The number of aryl methyl sites for hydroxylation is 1. The molecule has 12 heteroatoms. The Labute approximate surface area is 238 Å². The number of carbonyl (C=O) groups is 1. The minimum atomic E-state index is -1.63. The summed E-state index contributed by atoms with van der Waals surface area (Å²) >= 11 is 0. The average molecular weight is 573 g/mol. The van der Waals surface area contributed by atoms with Crippen molar-refractivity contribution in [2.24, 2.45) is 0 Å². The summed E-state index contributed by atoms with van der Waals surface area (Å²) in [6.07, 6.45) is -0.286. The monoisotopic (exact) mass is 572 g/mol. The predicted molar refractivity (Wildman–Crippen MR) is 152 cm³/mol. The number of benzene rings is 1. The van der Waals surface area contributed by atoms with Crippen molar-refractivity contribution in [2.45, 2.75) is 84.1 Å². The van der Waals surface area contributed by atoms with E-state index in [0.717, 1.165) is 0 Å². The van der Waals surface area contributed by atoms with E-state index in [0.29, 0.717) is 24.2 Å². The zero-order chi connectivity index (χ0) is 29.7. The summed E-state index contributed by atoms with van der Waals surface area (Å²) in [5, 5.41) is 2.71. The molecule has 3 heterocycles. The summed E-state index contributed by atoms with van der Waals surface area (Å²) in [5.74, 6) is -0.214. The van der Waals surface area contributed by atoms with Crippen LogP contribution in [-0.2, 0) is 18.5 Å². The Morgan fingerprint density at radius 1 is 1.35 bits per heavy atom. The van der Waals surface area contributed by atoms with Crippen molar-refractivity contribution in [3.8, 4) is 0 Å². The number of amides is 1. The maximum atomic E-state index is 13.3. The Hall–Kier alpha value is -2.71. The smallest absolute Gasteiger partial charge is 0.351 e. The largest absolute Gasteiger partial charge is 0.371 e. The van der Waals surface area contributed by atoms with Gasteiger partial charge in [0.05, 0.1) is 12.2 Å². The van der Waals surface area contributed by atoms with E-state index in [9.17, 15) is 9.59 Å². The van der Waals surface area contributed by atoms with E-state index >= 15 is 0 Å². The van der Waals surface area contributed by atoms with Gasteiger partial charge in [-0.25, -0.2) is 16.0 Å². The van der Waals surface area contributed by atoms with Crippen LogP contribution in [0.25, 0.3) is 4.85 Å². The zero-order valence-corrected chi connectivity index (χ0v) is 24.5. The predicted octanol–water partition coefficient (Wildman–Crippen LogP) is 4.55. The van der Waals surface area contributed by atoms with Crippen molar-refractivity contribution >= 4 is 20.3 Å². The number of aromatic nitrogens is 2. The SMILES string of the molecule is [2H]C[C@@]12CCOC([C@H](n3cc(C)c(NC(=O)c4ccccc4)nc3=O)O1)[C@H]2OP(OCC[N+]#[C-])N(C(C)C)C(C)C. The van der Waals surface area contributed by atoms with E-state index in [1.807, 2.05) is 6.07 Å². The van der Waals surface area contributed by atoms with Gasteiger partial charge in [0.1, 0.15) is 24.6 Å². The first-order chi connectivity index (χ1) is 19.6. The highest BCUT2D eigenvalue weighted by atomic mass is 31.2. The number of ether oxygens (including phenoxy) is 2. The minimum Gasteiger partial charge on any atom is -0.371 e. The molecule has 4 rings (SSSR count). The summed E-state index contributed by atoms with van der Waals surface area (Å²) in [4.78, 5) is 33.5. The highest BCUT2D eigenvalue weighted by Gasteiger charge is 2.59. The molecule has 2 unspecified atom stereocenters. The first kappa shape index (κ1) is 28.8. The van der Waals surface area contributed by atoms with E-state index in [-0.39, 0.29) is 43.9 Å². The summed E-state index contributed by atoms with van der Waals surface area (Å²) < 4.78 is 37.3. The first-order valence-electron chi connectivity index (χ1n) is 14.1.